The van der Waals surface area contributed by atoms with Gasteiger partial charge in [0.2, 0.25) is 0 Å². The minimum atomic E-state index is -0.476. The average Bonchev–Trinajstić information content (AvgIpc) is 4.06. The maximum Gasteiger partial charge on any atom is 0.264 e. The van der Waals surface area contributed by atoms with Gasteiger partial charge in [0.1, 0.15) is 0 Å². The Balaban J connectivity index is 1.11. The average molecular weight is 957 g/mol. The normalized spacial score (nSPS) is 14.2. The van der Waals surface area contributed by atoms with E-state index >= 15 is 0 Å². The molecule has 352 valence electrons. The van der Waals surface area contributed by atoms with E-state index in [1.54, 1.807) is 0 Å². The molecule has 2 aliphatic heterocycles. The first-order valence-corrected chi connectivity index (χ1v) is 27.0. The maximum absolute atomic E-state index is 2.66. The molecule has 1 spiro atoms. The van der Waals surface area contributed by atoms with Gasteiger partial charge >= 0.3 is 0 Å². The van der Waals surface area contributed by atoms with E-state index in [9.17, 15) is 0 Å². The predicted octanol–water partition coefficient (Wildman–Crippen LogP) is 16.9. The summed E-state index contributed by atoms with van der Waals surface area (Å²) in [5.41, 5.74) is 30.5. The number of rotatable bonds is 5. The van der Waals surface area contributed by atoms with Crippen LogP contribution in [-0.2, 0) is 10.8 Å². The smallest absolute Gasteiger partial charge is 0.264 e. The first kappa shape index (κ1) is 44.1. The highest BCUT2D eigenvalue weighted by molar-refractivity contribution is 7.30. The summed E-state index contributed by atoms with van der Waals surface area (Å²) in [6.45, 7) is 18.3. The van der Waals surface area contributed by atoms with E-state index in [4.69, 9.17) is 0 Å². The molecule has 4 aliphatic rings. The van der Waals surface area contributed by atoms with Crippen molar-refractivity contribution in [3.8, 4) is 44.5 Å². The third-order valence-electron chi connectivity index (χ3n) is 16.6. The summed E-state index contributed by atoms with van der Waals surface area (Å²) >= 11 is 2.07. The van der Waals surface area contributed by atoms with Crippen LogP contribution < -0.4 is 25.5 Å². The minimum absolute atomic E-state index is 0.0208. The fraction of sp³-hybridized carbons (Fsp3) is 0.159. The van der Waals surface area contributed by atoms with Crippen LogP contribution in [0.5, 0.6) is 0 Å². The SMILES string of the molecule is Cc1ccc(N2c3cc(-c4cc(C(C)(C)C)ccc4-c4ccccc4)ccc3B3c4sc5c(c4N(c4ccc(C)cc4)c4cc(C)cc2c43)-c2ccc(C(C)C)cc2C52c3ccccc3-c3ccccc32)cc1. The van der Waals surface area contributed by atoms with E-state index in [-0.39, 0.29) is 12.1 Å². The molecule has 0 atom stereocenters. The van der Waals surface area contributed by atoms with Crippen molar-refractivity contribution in [2.45, 2.75) is 72.1 Å². The zero-order chi connectivity index (χ0) is 49.7. The summed E-state index contributed by atoms with van der Waals surface area (Å²) in [5.74, 6) is 0.388. The van der Waals surface area contributed by atoms with Gasteiger partial charge in [-0.3, -0.25) is 0 Å². The van der Waals surface area contributed by atoms with Crippen LogP contribution in [0.3, 0.4) is 0 Å². The summed E-state index contributed by atoms with van der Waals surface area (Å²) in [7, 11) is 0. The minimum Gasteiger partial charge on any atom is -0.311 e. The van der Waals surface area contributed by atoms with Crippen LogP contribution in [0.15, 0.2) is 194 Å². The first-order chi connectivity index (χ1) is 35.4. The molecular weight excluding hydrogens is 900 g/mol. The van der Waals surface area contributed by atoms with Gasteiger partial charge in [-0.15, -0.1) is 11.3 Å². The van der Waals surface area contributed by atoms with Gasteiger partial charge in [-0.25, -0.2) is 0 Å². The third-order valence-corrected chi connectivity index (χ3v) is 17.9. The van der Waals surface area contributed by atoms with E-state index in [1.807, 2.05) is 0 Å². The Bertz CT molecular complexity index is 3860. The molecule has 0 saturated carbocycles. The second-order valence-electron chi connectivity index (χ2n) is 22.5. The number of thiophene rings is 1. The lowest BCUT2D eigenvalue weighted by Crippen LogP contribution is -2.60. The molecule has 0 unspecified atom stereocenters. The van der Waals surface area contributed by atoms with Gasteiger partial charge in [0.25, 0.3) is 6.71 Å². The van der Waals surface area contributed by atoms with Crippen molar-refractivity contribution in [1.82, 2.24) is 0 Å². The van der Waals surface area contributed by atoms with E-state index in [0.717, 1.165) is 5.69 Å². The number of aryl methyl sites for hydroxylation is 3. The Hall–Kier alpha value is -7.66. The third kappa shape index (κ3) is 6.29. The Labute approximate surface area is 435 Å². The molecule has 9 aromatic carbocycles. The predicted molar refractivity (Wildman–Crippen MR) is 313 cm³/mol. The molecule has 3 heterocycles. The van der Waals surface area contributed by atoms with E-state index in [2.05, 4.69) is 271 Å². The van der Waals surface area contributed by atoms with Gasteiger partial charge in [-0.05, 0) is 158 Å². The molecule has 10 aromatic rings. The summed E-state index contributed by atoms with van der Waals surface area (Å²) < 4.78 is 1.40. The quantitative estimate of drug-likeness (QED) is 0.159. The highest BCUT2D eigenvalue weighted by Gasteiger charge is 2.57. The first-order valence-electron chi connectivity index (χ1n) is 26.1. The van der Waals surface area contributed by atoms with Crippen molar-refractivity contribution in [3.63, 3.8) is 0 Å². The van der Waals surface area contributed by atoms with Crippen molar-refractivity contribution in [2.75, 3.05) is 9.80 Å². The zero-order valence-corrected chi connectivity index (χ0v) is 43.7. The topological polar surface area (TPSA) is 6.48 Å². The molecule has 0 saturated heterocycles. The van der Waals surface area contributed by atoms with E-state index in [1.165, 1.54) is 138 Å². The molecule has 4 heteroatoms. The molecule has 2 nitrogen and oxygen atoms in total. The van der Waals surface area contributed by atoms with Gasteiger partial charge in [-0.2, -0.15) is 0 Å². The van der Waals surface area contributed by atoms with Gasteiger partial charge < -0.3 is 9.80 Å². The van der Waals surface area contributed by atoms with Gasteiger partial charge in [0.05, 0.1) is 11.1 Å². The second kappa shape index (κ2) is 15.9. The molecule has 2 aliphatic carbocycles. The molecule has 0 radical (unpaired) electrons. The fourth-order valence-corrected chi connectivity index (χ4v) is 14.7. The lowest BCUT2D eigenvalue weighted by Gasteiger charge is -2.44. The number of hydrogen-bond donors (Lipinski definition) is 0. The highest BCUT2D eigenvalue weighted by atomic mass is 32.1. The van der Waals surface area contributed by atoms with Crippen LogP contribution in [0.25, 0.3) is 44.5 Å². The molecule has 0 fully saturated rings. The summed E-state index contributed by atoms with van der Waals surface area (Å²) in [6, 6.07) is 75.0. The van der Waals surface area contributed by atoms with Gasteiger partial charge in [0.15, 0.2) is 0 Å². The number of benzene rings is 9. The summed E-state index contributed by atoms with van der Waals surface area (Å²) in [5, 5.41) is 0. The Morgan fingerprint density at radius 1 is 0.479 bits per heavy atom. The Morgan fingerprint density at radius 3 is 1.73 bits per heavy atom. The monoisotopic (exact) mass is 956 g/mol. The highest BCUT2D eigenvalue weighted by Crippen LogP contribution is 2.67. The van der Waals surface area contributed by atoms with Crippen LogP contribution in [0.2, 0.25) is 0 Å². The molecule has 0 amide bonds. The van der Waals surface area contributed by atoms with Crippen LogP contribution in [0, 0.1) is 20.8 Å². The zero-order valence-electron chi connectivity index (χ0n) is 42.9. The van der Waals surface area contributed by atoms with Crippen molar-refractivity contribution >= 4 is 67.9 Å². The number of nitrogens with zero attached hydrogens (tertiary/aromatic N) is 2. The molecule has 73 heavy (non-hydrogen) atoms. The molecule has 0 N–H and O–H groups in total. The van der Waals surface area contributed by atoms with Crippen LogP contribution >= 0.6 is 11.3 Å². The number of hydrogen-bond acceptors (Lipinski definition) is 3. The largest absolute Gasteiger partial charge is 0.311 e. The van der Waals surface area contributed by atoms with Gasteiger partial charge in [-0.1, -0.05) is 197 Å². The molecule has 14 rings (SSSR count). The molecule has 1 aromatic heterocycles. The van der Waals surface area contributed by atoms with Crippen molar-refractivity contribution < 1.29 is 0 Å². The van der Waals surface area contributed by atoms with Crippen molar-refractivity contribution in [3.05, 3.63) is 244 Å². The number of fused-ring (bicyclic) bond motifs is 15. The van der Waals surface area contributed by atoms with E-state index in [0.29, 0.717) is 5.92 Å². The Kier molecular flexibility index (Phi) is 9.61. The van der Waals surface area contributed by atoms with E-state index < -0.39 is 5.41 Å². The second-order valence-corrected chi connectivity index (χ2v) is 23.5. The van der Waals surface area contributed by atoms with Crippen molar-refractivity contribution in [2.24, 2.45) is 0 Å². The maximum atomic E-state index is 2.66. The number of anilines is 6. The van der Waals surface area contributed by atoms with Crippen LogP contribution in [0.1, 0.15) is 89.9 Å². The van der Waals surface area contributed by atoms with Gasteiger partial charge in [0, 0.05) is 43.7 Å². The molecular formula is C69H57BN2S. The fourth-order valence-electron chi connectivity index (χ4n) is 13.0. The molecule has 0 bridgehead atoms. The van der Waals surface area contributed by atoms with Crippen molar-refractivity contribution in [1.29, 1.82) is 0 Å². The summed E-state index contributed by atoms with van der Waals surface area (Å²) in [6.07, 6.45) is 0. The lowest BCUT2D eigenvalue weighted by molar-refractivity contribution is 0.590. The van der Waals surface area contributed by atoms with Crippen LogP contribution in [0.4, 0.5) is 34.1 Å². The standard InChI is InChI=1S/C69H57BN2S/c1-41(2)46-26-33-54-58(38-46)69(56-20-14-12-18-52(56)53-19-13-15-21-57(53)69)66-63(54)65-67(73-66)70-59-35-27-47(55-40-48(68(6,7)8)28-34-51(55)45-16-10-9-11-17-45)39-60(59)71(49-29-22-42(3)23-30-49)61-36-44(5)37-62(64(61)70)72(65)50-31-24-43(4)25-32-50/h9-41H,1-8H3. The lowest BCUT2D eigenvalue weighted by atomic mass is 9.36. The Morgan fingerprint density at radius 2 is 1.08 bits per heavy atom. The van der Waals surface area contributed by atoms with Crippen LogP contribution in [-0.4, -0.2) is 6.71 Å². The summed E-state index contributed by atoms with van der Waals surface area (Å²) in [4.78, 5) is 6.68.